The van der Waals surface area contributed by atoms with Gasteiger partial charge in [-0.1, -0.05) is 19.1 Å². The van der Waals surface area contributed by atoms with Crippen LogP contribution in [-0.2, 0) is 16.4 Å². The maximum absolute atomic E-state index is 12.4. The van der Waals surface area contributed by atoms with Crippen LogP contribution in [0.3, 0.4) is 0 Å². The maximum Gasteiger partial charge on any atom is 0.261 e. The third-order valence-corrected chi connectivity index (χ3v) is 4.89. The number of fused-ring (bicyclic) bond motifs is 1. The summed E-state index contributed by atoms with van der Waals surface area (Å²) in [5.74, 6) is 0.796. The summed E-state index contributed by atoms with van der Waals surface area (Å²) in [6, 6.07) is 12.1. The van der Waals surface area contributed by atoms with Crippen LogP contribution < -0.4 is 4.72 Å². The molecule has 0 aliphatic heterocycles. The highest BCUT2D eigenvalue weighted by Crippen LogP contribution is 2.21. The van der Waals surface area contributed by atoms with Crippen LogP contribution in [0.25, 0.3) is 11.0 Å². The monoisotopic (exact) mass is 315 g/mol. The summed E-state index contributed by atoms with van der Waals surface area (Å²) in [7, 11) is -3.58. The third-order valence-electron chi connectivity index (χ3n) is 3.49. The molecule has 0 saturated carbocycles. The zero-order valence-electron chi connectivity index (χ0n) is 12.4. The van der Waals surface area contributed by atoms with Crippen molar-refractivity contribution in [1.82, 2.24) is 9.97 Å². The maximum atomic E-state index is 12.4. The Labute approximate surface area is 129 Å². The van der Waals surface area contributed by atoms with Gasteiger partial charge in [0.05, 0.1) is 21.6 Å². The lowest BCUT2D eigenvalue weighted by atomic mass is 10.2. The van der Waals surface area contributed by atoms with Gasteiger partial charge >= 0.3 is 0 Å². The van der Waals surface area contributed by atoms with Crippen LogP contribution in [0, 0.1) is 6.92 Å². The van der Waals surface area contributed by atoms with Crippen molar-refractivity contribution in [2.45, 2.75) is 25.2 Å². The average Bonchev–Trinajstić information content (AvgIpc) is 2.86. The molecule has 0 aliphatic carbocycles. The summed E-state index contributed by atoms with van der Waals surface area (Å²) in [5, 5.41) is 0. The predicted molar refractivity (Wildman–Crippen MR) is 87.5 cm³/mol. The second-order valence-electron chi connectivity index (χ2n) is 5.16. The number of hydrogen-bond donors (Lipinski definition) is 2. The molecule has 2 aromatic carbocycles. The fourth-order valence-electron chi connectivity index (χ4n) is 2.32. The number of aromatic nitrogens is 2. The molecule has 0 aliphatic rings. The Morgan fingerprint density at radius 2 is 1.86 bits per heavy atom. The molecule has 3 rings (SSSR count). The standard InChI is InChI=1S/C16H17N3O2S/c1-3-12-4-7-14(8-5-12)22(20,21)19-13-6-9-15-16(10-13)18-11(2)17-15/h4-10,19H,3H2,1-2H3,(H,17,18). The second-order valence-corrected chi connectivity index (χ2v) is 6.84. The Hall–Kier alpha value is -2.34. The van der Waals surface area contributed by atoms with Crippen molar-refractivity contribution in [3.63, 3.8) is 0 Å². The molecular weight excluding hydrogens is 298 g/mol. The van der Waals surface area contributed by atoms with E-state index in [1.54, 1.807) is 30.3 Å². The molecule has 0 amide bonds. The number of aromatic amines is 1. The first kappa shape index (κ1) is 14.6. The number of imidazole rings is 1. The largest absolute Gasteiger partial charge is 0.342 e. The zero-order valence-corrected chi connectivity index (χ0v) is 13.2. The molecule has 22 heavy (non-hydrogen) atoms. The number of nitrogens with one attached hydrogen (secondary N) is 2. The van der Waals surface area contributed by atoms with Crippen molar-refractivity contribution < 1.29 is 8.42 Å². The first-order valence-corrected chi connectivity index (χ1v) is 8.54. The van der Waals surface area contributed by atoms with Gasteiger partial charge in [0.15, 0.2) is 0 Å². The van der Waals surface area contributed by atoms with Crippen molar-refractivity contribution in [3.8, 4) is 0 Å². The van der Waals surface area contributed by atoms with Crippen LogP contribution >= 0.6 is 0 Å². The summed E-state index contributed by atoms with van der Waals surface area (Å²) in [6.07, 6.45) is 0.879. The zero-order chi connectivity index (χ0) is 15.7. The number of sulfonamides is 1. The van der Waals surface area contributed by atoms with Crippen LogP contribution in [0.1, 0.15) is 18.3 Å². The topological polar surface area (TPSA) is 74.8 Å². The van der Waals surface area contributed by atoms with Crippen molar-refractivity contribution in [1.29, 1.82) is 0 Å². The molecule has 1 aromatic heterocycles. The van der Waals surface area contributed by atoms with Gasteiger partial charge in [-0.2, -0.15) is 0 Å². The van der Waals surface area contributed by atoms with Gasteiger partial charge in [-0.25, -0.2) is 13.4 Å². The molecule has 2 N–H and O–H groups in total. The van der Waals surface area contributed by atoms with Crippen LogP contribution in [-0.4, -0.2) is 18.4 Å². The summed E-state index contributed by atoms with van der Waals surface area (Å²) in [5.41, 5.74) is 3.23. The van der Waals surface area contributed by atoms with E-state index in [1.165, 1.54) is 0 Å². The molecule has 0 bridgehead atoms. The Morgan fingerprint density at radius 3 is 2.55 bits per heavy atom. The van der Waals surface area contributed by atoms with Gasteiger partial charge in [-0.15, -0.1) is 0 Å². The summed E-state index contributed by atoms with van der Waals surface area (Å²) in [6.45, 7) is 3.89. The van der Waals surface area contributed by atoms with Crippen LogP contribution in [0.5, 0.6) is 0 Å². The van der Waals surface area contributed by atoms with Crippen molar-refractivity contribution in [2.75, 3.05) is 4.72 Å². The quantitative estimate of drug-likeness (QED) is 0.776. The minimum Gasteiger partial charge on any atom is -0.342 e. The molecule has 0 unspecified atom stereocenters. The lowest BCUT2D eigenvalue weighted by Gasteiger charge is -2.08. The molecular formula is C16H17N3O2S. The molecule has 0 fully saturated rings. The van der Waals surface area contributed by atoms with E-state index in [2.05, 4.69) is 14.7 Å². The average molecular weight is 315 g/mol. The number of aryl methyl sites for hydroxylation is 2. The van der Waals surface area contributed by atoms with Gasteiger partial charge in [0.25, 0.3) is 10.0 Å². The van der Waals surface area contributed by atoms with Crippen LogP contribution in [0.4, 0.5) is 5.69 Å². The SMILES string of the molecule is CCc1ccc(S(=O)(=O)Nc2ccc3nc(C)[nH]c3c2)cc1. The fourth-order valence-corrected chi connectivity index (χ4v) is 3.37. The normalized spacial score (nSPS) is 11.7. The van der Waals surface area contributed by atoms with E-state index in [0.717, 1.165) is 28.8 Å². The minimum absolute atomic E-state index is 0.255. The number of H-pyrrole nitrogens is 1. The summed E-state index contributed by atoms with van der Waals surface area (Å²) in [4.78, 5) is 7.64. The summed E-state index contributed by atoms with van der Waals surface area (Å²) >= 11 is 0. The van der Waals surface area contributed by atoms with Crippen molar-refractivity contribution >= 4 is 26.7 Å². The second kappa shape index (κ2) is 5.46. The van der Waals surface area contributed by atoms with E-state index in [0.29, 0.717) is 5.69 Å². The summed E-state index contributed by atoms with van der Waals surface area (Å²) < 4.78 is 27.4. The Kier molecular flexibility index (Phi) is 3.62. The number of hydrogen-bond acceptors (Lipinski definition) is 3. The van der Waals surface area contributed by atoms with Crippen LogP contribution in [0.2, 0.25) is 0 Å². The highest BCUT2D eigenvalue weighted by Gasteiger charge is 2.14. The van der Waals surface area contributed by atoms with E-state index < -0.39 is 10.0 Å². The third kappa shape index (κ3) is 2.82. The molecule has 3 aromatic rings. The Morgan fingerprint density at radius 1 is 1.14 bits per heavy atom. The Bertz CT molecular complexity index is 912. The predicted octanol–water partition coefficient (Wildman–Crippen LogP) is 3.23. The van der Waals surface area contributed by atoms with Gasteiger partial charge in [0.2, 0.25) is 0 Å². The van der Waals surface area contributed by atoms with E-state index in [9.17, 15) is 8.42 Å². The first-order valence-electron chi connectivity index (χ1n) is 7.06. The minimum atomic E-state index is -3.58. The van der Waals surface area contributed by atoms with Gasteiger partial charge < -0.3 is 4.98 Å². The number of nitrogens with zero attached hydrogens (tertiary/aromatic N) is 1. The van der Waals surface area contributed by atoms with E-state index in [-0.39, 0.29) is 4.90 Å². The fraction of sp³-hybridized carbons (Fsp3) is 0.188. The van der Waals surface area contributed by atoms with E-state index in [4.69, 9.17) is 0 Å². The Balaban J connectivity index is 1.91. The van der Waals surface area contributed by atoms with E-state index in [1.807, 2.05) is 26.0 Å². The van der Waals surface area contributed by atoms with Gasteiger partial charge in [0.1, 0.15) is 5.82 Å². The van der Waals surface area contributed by atoms with Crippen molar-refractivity contribution in [2.24, 2.45) is 0 Å². The number of rotatable bonds is 4. The molecule has 114 valence electrons. The molecule has 0 saturated heterocycles. The molecule has 1 heterocycles. The lowest BCUT2D eigenvalue weighted by molar-refractivity contribution is 0.601. The van der Waals surface area contributed by atoms with Gasteiger partial charge in [-0.3, -0.25) is 4.72 Å². The van der Waals surface area contributed by atoms with Gasteiger partial charge in [0, 0.05) is 0 Å². The highest BCUT2D eigenvalue weighted by molar-refractivity contribution is 7.92. The van der Waals surface area contributed by atoms with E-state index >= 15 is 0 Å². The molecule has 0 radical (unpaired) electrons. The van der Waals surface area contributed by atoms with Crippen LogP contribution in [0.15, 0.2) is 47.4 Å². The molecule has 0 spiro atoms. The number of benzene rings is 2. The van der Waals surface area contributed by atoms with Crippen molar-refractivity contribution in [3.05, 3.63) is 53.9 Å². The molecule has 0 atom stereocenters. The molecule has 5 nitrogen and oxygen atoms in total. The number of anilines is 1. The smallest absolute Gasteiger partial charge is 0.261 e. The molecule has 6 heteroatoms. The highest BCUT2D eigenvalue weighted by atomic mass is 32.2. The first-order chi connectivity index (χ1) is 10.5. The van der Waals surface area contributed by atoms with Gasteiger partial charge in [-0.05, 0) is 49.2 Å². The lowest BCUT2D eigenvalue weighted by Crippen LogP contribution is -2.12.